The first kappa shape index (κ1) is 11.8. The van der Waals surface area contributed by atoms with Gasteiger partial charge in [0.15, 0.2) is 0 Å². The normalized spacial score (nSPS) is 18.3. The van der Waals surface area contributed by atoms with Crippen molar-refractivity contribution in [3.05, 3.63) is 0 Å². The van der Waals surface area contributed by atoms with Crippen molar-refractivity contribution in [2.75, 3.05) is 6.61 Å². The average Bonchev–Trinajstić information content (AvgIpc) is 1.85. The topological polar surface area (TPSA) is 63.6 Å². The molecule has 0 aromatic heterocycles. The van der Waals surface area contributed by atoms with Gasteiger partial charge in [-0.2, -0.15) is 0 Å². The molecule has 0 aliphatic rings. The summed E-state index contributed by atoms with van der Waals surface area (Å²) in [5.41, 5.74) is -0.602. The van der Waals surface area contributed by atoms with E-state index in [1.165, 1.54) is 13.8 Å². The Balaban J connectivity index is 4.15. The second kappa shape index (κ2) is 4.75. The molecule has 0 amide bonds. The highest BCUT2D eigenvalue weighted by Crippen LogP contribution is 2.48. The maximum Gasteiger partial charge on any atom is 0.331 e. The Morgan fingerprint density at radius 2 is 2.17 bits per heavy atom. The van der Waals surface area contributed by atoms with Crippen LogP contribution in [0.3, 0.4) is 0 Å². The van der Waals surface area contributed by atoms with Gasteiger partial charge in [0.05, 0.1) is 12.3 Å². The first-order chi connectivity index (χ1) is 5.40. The molecular formula is C7H15O4P. The van der Waals surface area contributed by atoms with E-state index < -0.39 is 13.3 Å². The van der Waals surface area contributed by atoms with Crippen LogP contribution in [0.15, 0.2) is 0 Å². The summed E-state index contributed by atoms with van der Waals surface area (Å²) in [6.45, 7) is 4.76. The Kier molecular flexibility index (Phi) is 4.68. The fourth-order valence-corrected chi connectivity index (χ4v) is 1.96. The van der Waals surface area contributed by atoms with Gasteiger partial charge in [0.1, 0.15) is 5.78 Å². The highest BCUT2D eigenvalue weighted by molar-refractivity contribution is 7.53. The Morgan fingerprint density at radius 1 is 1.67 bits per heavy atom. The molecule has 0 bridgehead atoms. The van der Waals surface area contributed by atoms with Gasteiger partial charge in [0, 0.05) is 6.42 Å². The molecule has 0 fully saturated rings. The Hall–Kier alpha value is -0.180. The summed E-state index contributed by atoms with van der Waals surface area (Å²) < 4.78 is 15.9. The highest BCUT2D eigenvalue weighted by atomic mass is 31.2. The van der Waals surface area contributed by atoms with E-state index in [4.69, 9.17) is 0 Å². The Labute approximate surface area is 72.5 Å². The summed E-state index contributed by atoms with van der Waals surface area (Å²) in [7, 11) is -3.56. The third-order valence-corrected chi connectivity index (χ3v) is 3.38. The van der Waals surface area contributed by atoms with E-state index >= 15 is 0 Å². The molecule has 0 spiro atoms. The quantitative estimate of drug-likeness (QED) is 0.675. The lowest BCUT2D eigenvalue weighted by molar-refractivity contribution is -0.117. The number of Topliss-reactive ketones (excluding diaryl/α,β-unsaturated/α-hetero) is 1. The molecule has 0 aromatic rings. The average molecular weight is 194 g/mol. The number of hydrogen-bond acceptors (Lipinski definition) is 3. The number of carbonyl (C=O) groups is 1. The second-order valence-electron chi connectivity index (χ2n) is 2.74. The fraction of sp³-hybridized carbons (Fsp3) is 0.857. The molecule has 72 valence electrons. The van der Waals surface area contributed by atoms with Crippen molar-refractivity contribution >= 4 is 13.4 Å². The van der Waals surface area contributed by atoms with Crippen LogP contribution in [0.25, 0.3) is 0 Å². The molecule has 4 nitrogen and oxygen atoms in total. The number of rotatable bonds is 5. The van der Waals surface area contributed by atoms with Gasteiger partial charge in [-0.3, -0.25) is 4.57 Å². The minimum atomic E-state index is -3.56. The van der Waals surface area contributed by atoms with Crippen LogP contribution in [-0.2, 0) is 13.9 Å². The zero-order valence-electron chi connectivity index (χ0n) is 7.61. The van der Waals surface area contributed by atoms with Gasteiger partial charge in [-0.25, -0.2) is 0 Å². The lowest BCUT2D eigenvalue weighted by atomic mass is 10.2. The van der Waals surface area contributed by atoms with Gasteiger partial charge in [-0.15, -0.1) is 0 Å². The van der Waals surface area contributed by atoms with E-state index in [1.54, 1.807) is 6.92 Å². The number of carbonyl (C=O) groups excluding carboxylic acids is 1. The predicted octanol–water partition coefficient (Wildman–Crippen LogP) is 1.58. The summed E-state index contributed by atoms with van der Waals surface area (Å²) in [5.74, 6) is -0.100. The first-order valence-corrected chi connectivity index (χ1v) is 5.51. The summed E-state index contributed by atoms with van der Waals surface area (Å²) in [6, 6.07) is 0. The SMILES string of the molecule is CCOP(=O)(O)C(C)CC(C)=O. The highest BCUT2D eigenvalue weighted by Gasteiger charge is 2.28. The smallest absolute Gasteiger partial charge is 0.324 e. The van der Waals surface area contributed by atoms with Crippen molar-refractivity contribution < 1.29 is 18.8 Å². The van der Waals surface area contributed by atoms with Gasteiger partial charge in [0.2, 0.25) is 0 Å². The van der Waals surface area contributed by atoms with E-state index in [1.807, 2.05) is 0 Å². The molecule has 0 heterocycles. The number of ketones is 1. The van der Waals surface area contributed by atoms with Gasteiger partial charge in [-0.05, 0) is 13.8 Å². The monoisotopic (exact) mass is 194 g/mol. The molecule has 0 saturated heterocycles. The summed E-state index contributed by atoms with van der Waals surface area (Å²) >= 11 is 0. The third-order valence-electron chi connectivity index (χ3n) is 1.45. The standard InChI is InChI=1S/C7H15O4P/c1-4-11-12(9,10)7(3)5-6(2)8/h7H,4-5H2,1-3H3,(H,9,10). The lowest BCUT2D eigenvalue weighted by Gasteiger charge is -2.16. The minimum Gasteiger partial charge on any atom is -0.324 e. The van der Waals surface area contributed by atoms with Crippen LogP contribution in [-0.4, -0.2) is 22.9 Å². The van der Waals surface area contributed by atoms with Gasteiger partial charge < -0.3 is 14.2 Å². The fourth-order valence-electron chi connectivity index (χ4n) is 0.844. The molecule has 1 N–H and O–H groups in total. The van der Waals surface area contributed by atoms with E-state index in [-0.39, 0.29) is 18.8 Å². The second-order valence-corrected chi connectivity index (χ2v) is 5.01. The Morgan fingerprint density at radius 3 is 2.50 bits per heavy atom. The van der Waals surface area contributed by atoms with Crippen LogP contribution in [0, 0.1) is 0 Å². The summed E-state index contributed by atoms with van der Waals surface area (Å²) in [5, 5.41) is 0. The molecule has 0 aliphatic heterocycles. The van der Waals surface area contributed by atoms with Crippen molar-refractivity contribution in [2.45, 2.75) is 32.9 Å². The van der Waals surface area contributed by atoms with Crippen molar-refractivity contribution in [2.24, 2.45) is 0 Å². The lowest BCUT2D eigenvalue weighted by Crippen LogP contribution is -2.10. The number of hydrogen-bond donors (Lipinski definition) is 1. The van der Waals surface area contributed by atoms with Crippen LogP contribution >= 0.6 is 7.60 Å². The van der Waals surface area contributed by atoms with Crippen molar-refractivity contribution in [3.63, 3.8) is 0 Å². The van der Waals surface area contributed by atoms with Crippen molar-refractivity contribution in [1.82, 2.24) is 0 Å². The molecule has 0 radical (unpaired) electrons. The molecule has 0 saturated carbocycles. The zero-order chi connectivity index (χ0) is 9.78. The molecular weight excluding hydrogens is 179 g/mol. The summed E-state index contributed by atoms with van der Waals surface area (Å²) in [4.78, 5) is 19.8. The first-order valence-electron chi connectivity index (χ1n) is 3.86. The van der Waals surface area contributed by atoms with Crippen LogP contribution in [0.2, 0.25) is 0 Å². The minimum absolute atomic E-state index is 0.0910. The van der Waals surface area contributed by atoms with Gasteiger partial charge in [0.25, 0.3) is 0 Å². The molecule has 0 aromatic carbocycles. The maximum atomic E-state index is 11.2. The van der Waals surface area contributed by atoms with Crippen LogP contribution in [0.1, 0.15) is 27.2 Å². The van der Waals surface area contributed by atoms with Crippen LogP contribution < -0.4 is 0 Å². The molecule has 5 heteroatoms. The molecule has 0 rings (SSSR count). The Bertz CT molecular complexity index is 202. The third kappa shape index (κ3) is 4.00. The van der Waals surface area contributed by atoms with E-state index in [0.717, 1.165) is 0 Å². The van der Waals surface area contributed by atoms with E-state index in [9.17, 15) is 14.3 Å². The molecule has 2 unspecified atom stereocenters. The van der Waals surface area contributed by atoms with E-state index in [0.29, 0.717) is 0 Å². The van der Waals surface area contributed by atoms with E-state index in [2.05, 4.69) is 4.52 Å². The van der Waals surface area contributed by atoms with Crippen molar-refractivity contribution in [3.8, 4) is 0 Å². The molecule has 2 atom stereocenters. The van der Waals surface area contributed by atoms with Crippen LogP contribution in [0.5, 0.6) is 0 Å². The largest absolute Gasteiger partial charge is 0.331 e. The van der Waals surface area contributed by atoms with Gasteiger partial charge in [-0.1, -0.05) is 6.92 Å². The zero-order valence-corrected chi connectivity index (χ0v) is 8.51. The predicted molar refractivity (Wildman–Crippen MR) is 46.2 cm³/mol. The molecule has 12 heavy (non-hydrogen) atoms. The maximum absolute atomic E-state index is 11.2. The summed E-state index contributed by atoms with van der Waals surface area (Å²) in [6.07, 6.45) is 0.0910. The van der Waals surface area contributed by atoms with Crippen molar-refractivity contribution in [1.29, 1.82) is 0 Å². The van der Waals surface area contributed by atoms with Gasteiger partial charge >= 0.3 is 7.60 Å². The van der Waals surface area contributed by atoms with Crippen LogP contribution in [0.4, 0.5) is 0 Å². The molecule has 0 aliphatic carbocycles.